The van der Waals surface area contributed by atoms with E-state index in [1.807, 2.05) is 43.3 Å². The average molecular weight is 315 g/mol. The molecule has 0 spiro atoms. The lowest BCUT2D eigenvalue weighted by Crippen LogP contribution is -2.18. The minimum atomic E-state index is 0.0781. The monoisotopic (exact) mass is 315 g/mol. The summed E-state index contributed by atoms with van der Waals surface area (Å²) in [5, 5.41) is 12.3. The molecule has 124 valence electrons. The molecule has 0 aliphatic rings. The SMILES string of the molecule is CC(C)c1nc(NCCc2ccc(CO)cc2)nc(N(C)C)n1. The number of nitrogens with zero attached hydrogens (tertiary/aromatic N) is 4. The Hall–Kier alpha value is -2.21. The third kappa shape index (κ3) is 4.89. The molecule has 1 aromatic heterocycles. The van der Waals surface area contributed by atoms with E-state index < -0.39 is 0 Å². The second kappa shape index (κ2) is 7.87. The summed E-state index contributed by atoms with van der Waals surface area (Å²) >= 11 is 0. The molecule has 0 aliphatic carbocycles. The first-order chi connectivity index (χ1) is 11.0. The number of benzene rings is 1. The van der Waals surface area contributed by atoms with E-state index in [1.54, 1.807) is 0 Å². The van der Waals surface area contributed by atoms with Crippen molar-refractivity contribution < 1.29 is 5.11 Å². The zero-order valence-corrected chi connectivity index (χ0v) is 14.2. The van der Waals surface area contributed by atoms with E-state index in [9.17, 15) is 0 Å². The van der Waals surface area contributed by atoms with Gasteiger partial charge < -0.3 is 15.3 Å². The van der Waals surface area contributed by atoms with Crippen LogP contribution in [-0.4, -0.2) is 40.7 Å². The first-order valence-corrected chi connectivity index (χ1v) is 7.85. The molecule has 0 saturated carbocycles. The van der Waals surface area contributed by atoms with Crippen molar-refractivity contribution in [3.05, 3.63) is 41.2 Å². The fourth-order valence-corrected chi connectivity index (χ4v) is 2.05. The summed E-state index contributed by atoms with van der Waals surface area (Å²) in [6.45, 7) is 4.96. The molecule has 0 amide bonds. The van der Waals surface area contributed by atoms with Crippen LogP contribution in [0.25, 0.3) is 0 Å². The van der Waals surface area contributed by atoms with Crippen LogP contribution in [0.4, 0.5) is 11.9 Å². The summed E-state index contributed by atoms with van der Waals surface area (Å²) in [6.07, 6.45) is 0.867. The van der Waals surface area contributed by atoms with Crippen LogP contribution in [0.5, 0.6) is 0 Å². The highest BCUT2D eigenvalue weighted by Crippen LogP contribution is 2.15. The van der Waals surface area contributed by atoms with Gasteiger partial charge in [-0.3, -0.25) is 0 Å². The highest BCUT2D eigenvalue weighted by molar-refractivity contribution is 5.36. The van der Waals surface area contributed by atoms with E-state index in [1.165, 1.54) is 5.56 Å². The van der Waals surface area contributed by atoms with Gasteiger partial charge in [-0.1, -0.05) is 38.1 Å². The molecule has 23 heavy (non-hydrogen) atoms. The first kappa shape index (κ1) is 17.1. The quantitative estimate of drug-likeness (QED) is 0.816. The summed E-state index contributed by atoms with van der Waals surface area (Å²) in [7, 11) is 3.85. The highest BCUT2D eigenvalue weighted by atomic mass is 16.3. The van der Waals surface area contributed by atoms with E-state index >= 15 is 0 Å². The van der Waals surface area contributed by atoms with Crippen molar-refractivity contribution in [2.75, 3.05) is 30.9 Å². The van der Waals surface area contributed by atoms with Gasteiger partial charge in [0.25, 0.3) is 0 Å². The molecule has 0 atom stereocenters. The van der Waals surface area contributed by atoms with Gasteiger partial charge in [0.1, 0.15) is 5.82 Å². The number of nitrogens with one attached hydrogen (secondary N) is 1. The van der Waals surface area contributed by atoms with Gasteiger partial charge >= 0.3 is 0 Å². The largest absolute Gasteiger partial charge is 0.392 e. The van der Waals surface area contributed by atoms with Crippen molar-refractivity contribution >= 4 is 11.9 Å². The molecule has 1 aromatic carbocycles. The third-order valence-electron chi connectivity index (χ3n) is 3.46. The zero-order valence-electron chi connectivity index (χ0n) is 14.2. The minimum absolute atomic E-state index is 0.0781. The van der Waals surface area contributed by atoms with E-state index in [0.29, 0.717) is 11.9 Å². The Kier molecular flexibility index (Phi) is 5.87. The van der Waals surface area contributed by atoms with Gasteiger partial charge in [0.2, 0.25) is 11.9 Å². The number of aromatic nitrogens is 3. The molecule has 2 rings (SSSR count). The zero-order chi connectivity index (χ0) is 16.8. The molecule has 0 radical (unpaired) electrons. The maximum Gasteiger partial charge on any atom is 0.229 e. The van der Waals surface area contributed by atoms with Gasteiger partial charge in [0.05, 0.1) is 6.61 Å². The molecule has 0 saturated heterocycles. The minimum Gasteiger partial charge on any atom is -0.392 e. The Balaban J connectivity index is 2.01. The van der Waals surface area contributed by atoms with Gasteiger partial charge in [-0.15, -0.1) is 0 Å². The maximum absolute atomic E-state index is 9.06. The number of hydrogen-bond acceptors (Lipinski definition) is 6. The highest BCUT2D eigenvalue weighted by Gasteiger charge is 2.10. The Morgan fingerprint density at radius 2 is 1.70 bits per heavy atom. The predicted octanol–water partition coefficient (Wildman–Crippen LogP) is 2.21. The molecule has 2 aromatic rings. The molecule has 0 bridgehead atoms. The van der Waals surface area contributed by atoms with Crippen molar-refractivity contribution in [3.63, 3.8) is 0 Å². The summed E-state index contributed by atoms with van der Waals surface area (Å²) < 4.78 is 0. The number of aliphatic hydroxyl groups is 1. The van der Waals surface area contributed by atoms with Gasteiger partial charge in [-0.05, 0) is 17.5 Å². The summed E-state index contributed by atoms with van der Waals surface area (Å²) in [5.41, 5.74) is 2.14. The van der Waals surface area contributed by atoms with E-state index in [4.69, 9.17) is 5.11 Å². The number of anilines is 2. The predicted molar refractivity (Wildman–Crippen MR) is 92.8 cm³/mol. The lowest BCUT2D eigenvalue weighted by atomic mass is 10.1. The van der Waals surface area contributed by atoms with Crippen molar-refractivity contribution in [3.8, 4) is 0 Å². The van der Waals surface area contributed by atoms with Crippen LogP contribution < -0.4 is 10.2 Å². The average Bonchev–Trinajstić information content (AvgIpc) is 2.55. The second-order valence-corrected chi connectivity index (χ2v) is 6.02. The van der Waals surface area contributed by atoms with Gasteiger partial charge in [-0.25, -0.2) is 0 Å². The standard InChI is InChI=1S/C17H25N5O/c1-12(2)15-19-16(21-17(20-15)22(3)4)18-10-9-13-5-7-14(11-23)8-6-13/h5-8,12,23H,9-11H2,1-4H3,(H,18,19,20,21). The number of aliphatic hydroxyl groups excluding tert-OH is 1. The maximum atomic E-state index is 9.06. The van der Waals surface area contributed by atoms with Gasteiger partial charge in [0.15, 0.2) is 0 Å². The van der Waals surface area contributed by atoms with Crippen LogP contribution in [0.1, 0.15) is 36.7 Å². The lowest BCUT2D eigenvalue weighted by molar-refractivity contribution is 0.282. The molecular weight excluding hydrogens is 290 g/mol. The molecular formula is C17H25N5O. The van der Waals surface area contributed by atoms with Gasteiger partial charge in [0, 0.05) is 26.6 Å². The van der Waals surface area contributed by atoms with E-state index in [2.05, 4.69) is 34.1 Å². The van der Waals surface area contributed by atoms with Crippen LogP contribution in [0.3, 0.4) is 0 Å². The molecule has 0 aliphatic heterocycles. The Bertz CT molecular complexity index is 599. The molecule has 2 N–H and O–H groups in total. The van der Waals surface area contributed by atoms with Crippen molar-refractivity contribution in [2.45, 2.75) is 32.8 Å². The van der Waals surface area contributed by atoms with Crippen LogP contribution in [0, 0.1) is 0 Å². The smallest absolute Gasteiger partial charge is 0.229 e. The van der Waals surface area contributed by atoms with Crippen molar-refractivity contribution in [1.82, 2.24) is 15.0 Å². The molecule has 6 nitrogen and oxygen atoms in total. The third-order valence-corrected chi connectivity index (χ3v) is 3.46. The Labute approximate surface area is 137 Å². The second-order valence-electron chi connectivity index (χ2n) is 6.02. The molecule has 0 unspecified atom stereocenters. The van der Waals surface area contributed by atoms with Crippen molar-refractivity contribution in [2.24, 2.45) is 0 Å². The topological polar surface area (TPSA) is 74.2 Å². The van der Waals surface area contributed by atoms with Gasteiger partial charge in [-0.2, -0.15) is 15.0 Å². The Morgan fingerprint density at radius 1 is 1.04 bits per heavy atom. The summed E-state index contributed by atoms with van der Waals surface area (Å²) in [5.74, 6) is 2.32. The number of hydrogen-bond donors (Lipinski definition) is 2. The van der Waals surface area contributed by atoms with E-state index in [0.717, 1.165) is 24.4 Å². The summed E-state index contributed by atoms with van der Waals surface area (Å²) in [4.78, 5) is 15.3. The number of rotatable bonds is 7. The van der Waals surface area contributed by atoms with Crippen LogP contribution >= 0.6 is 0 Å². The lowest BCUT2D eigenvalue weighted by Gasteiger charge is -2.14. The van der Waals surface area contributed by atoms with Crippen LogP contribution in [-0.2, 0) is 13.0 Å². The molecule has 6 heteroatoms. The van der Waals surface area contributed by atoms with Crippen molar-refractivity contribution in [1.29, 1.82) is 0 Å². The summed E-state index contributed by atoms with van der Waals surface area (Å²) in [6, 6.07) is 7.95. The normalized spacial score (nSPS) is 10.9. The molecule has 0 fully saturated rings. The molecule has 1 heterocycles. The first-order valence-electron chi connectivity index (χ1n) is 7.85. The Morgan fingerprint density at radius 3 is 2.26 bits per heavy atom. The fourth-order valence-electron chi connectivity index (χ4n) is 2.05. The van der Waals surface area contributed by atoms with Crippen LogP contribution in [0.15, 0.2) is 24.3 Å². The van der Waals surface area contributed by atoms with Crippen LogP contribution in [0.2, 0.25) is 0 Å². The van der Waals surface area contributed by atoms with E-state index in [-0.39, 0.29) is 12.5 Å². The fraction of sp³-hybridized carbons (Fsp3) is 0.471.